The second-order valence-electron chi connectivity index (χ2n) is 5.68. The van der Waals surface area contributed by atoms with Gasteiger partial charge in [-0.2, -0.15) is 12.3 Å². The molecule has 0 amide bonds. The minimum atomic E-state index is 0. The Morgan fingerprint density at radius 1 is 1.11 bits per heavy atom. The summed E-state index contributed by atoms with van der Waals surface area (Å²) in [5, 5.41) is 0. The molecule has 104 valence electrons. The van der Waals surface area contributed by atoms with Gasteiger partial charge in [-0.25, -0.2) is 0 Å². The van der Waals surface area contributed by atoms with Crippen LogP contribution in [0.4, 0.5) is 0 Å². The molecule has 0 nitrogen and oxygen atoms in total. The van der Waals surface area contributed by atoms with Crippen molar-refractivity contribution >= 4 is 0 Å². The minimum absolute atomic E-state index is 0. The van der Waals surface area contributed by atoms with Crippen molar-refractivity contribution in [3.63, 3.8) is 0 Å². The fourth-order valence-corrected chi connectivity index (χ4v) is 3.31. The van der Waals surface area contributed by atoms with Crippen LogP contribution in [0.5, 0.6) is 0 Å². The molecule has 0 aliphatic heterocycles. The molecule has 3 unspecified atom stereocenters. The average Bonchev–Trinajstić information content (AvgIpc) is 2.34. The molecule has 0 aromatic rings. The third-order valence-corrected chi connectivity index (χ3v) is 4.42. The van der Waals surface area contributed by atoms with E-state index >= 15 is 0 Å². The van der Waals surface area contributed by atoms with E-state index in [0.29, 0.717) is 0 Å². The summed E-state index contributed by atoms with van der Waals surface area (Å²) in [7, 11) is 0. The molecule has 0 bridgehead atoms. The van der Waals surface area contributed by atoms with Gasteiger partial charge in [-0.3, -0.25) is 0 Å². The van der Waals surface area contributed by atoms with Gasteiger partial charge >= 0.3 is 51.4 Å². The van der Waals surface area contributed by atoms with Crippen molar-refractivity contribution in [3.8, 4) is 0 Å². The van der Waals surface area contributed by atoms with Crippen LogP contribution in [0.1, 0.15) is 78.6 Å². The van der Waals surface area contributed by atoms with E-state index in [-0.39, 0.29) is 58.8 Å². The van der Waals surface area contributed by atoms with Crippen LogP contribution in [0.15, 0.2) is 0 Å². The predicted octanol–water partition coefficient (Wildman–Crippen LogP) is 3.08. The fourth-order valence-electron chi connectivity index (χ4n) is 3.31. The zero-order valence-corrected chi connectivity index (χ0v) is 16.8. The maximum Gasteiger partial charge on any atom is 1.00 e. The molecule has 1 fully saturated rings. The molecular weight excluding hydrogens is 243 g/mol. The summed E-state index contributed by atoms with van der Waals surface area (Å²) in [4.78, 5) is 0. The SMILES string of the molecule is CCCCC(CCC)C1[CH-]CCC(CC)C1.[CH3-].[K+]. The minimum Gasteiger partial charge on any atom is -0.358 e. The summed E-state index contributed by atoms with van der Waals surface area (Å²) in [6, 6.07) is 0. The largest absolute Gasteiger partial charge is 1.00 e. The number of unbranched alkanes of at least 4 members (excludes halogenated alkanes) is 1. The van der Waals surface area contributed by atoms with Crippen molar-refractivity contribution in [1.29, 1.82) is 0 Å². The van der Waals surface area contributed by atoms with Crippen LogP contribution in [0, 0.1) is 31.6 Å². The molecule has 1 heteroatoms. The molecule has 3 atom stereocenters. The molecule has 1 rings (SSSR count). The van der Waals surface area contributed by atoms with Gasteiger partial charge in [0.25, 0.3) is 0 Å². The molecule has 0 heterocycles. The first kappa shape index (κ1) is 21.9. The van der Waals surface area contributed by atoms with Gasteiger partial charge in [0.15, 0.2) is 0 Å². The fraction of sp³-hybridized carbons (Fsp3) is 0.882. The quantitative estimate of drug-likeness (QED) is 0.495. The van der Waals surface area contributed by atoms with Gasteiger partial charge in [0, 0.05) is 0 Å². The molecule has 0 aromatic carbocycles. The molecular formula is C17H34K-. The van der Waals surface area contributed by atoms with Gasteiger partial charge in [0.2, 0.25) is 0 Å². The first-order chi connectivity index (χ1) is 7.81. The molecule has 18 heavy (non-hydrogen) atoms. The van der Waals surface area contributed by atoms with E-state index in [9.17, 15) is 0 Å². The summed E-state index contributed by atoms with van der Waals surface area (Å²) < 4.78 is 0. The summed E-state index contributed by atoms with van der Waals surface area (Å²) in [6.07, 6.45) is 15.5. The molecule has 1 saturated carbocycles. The normalized spacial score (nSPS) is 24.8. The van der Waals surface area contributed by atoms with Gasteiger partial charge in [-0.05, 0) is 5.92 Å². The molecule has 0 saturated heterocycles. The van der Waals surface area contributed by atoms with E-state index in [2.05, 4.69) is 27.2 Å². The number of rotatable bonds is 7. The standard InChI is InChI=1S/C16H31.CH3.K/c1-4-7-11-15(9-5-2)16-12-8-10-14(6-3)13-16;;/h12,14-16H,4-11,13H2,1-3H3;1H3;/q2*-1;+1. The van der Waals surface area contributed by atoms with Crippen molar-refractivity contribution in [2.45, 2.75) is 78.6 Å². The van der Waals surface area contributed by atoms with Gasteiger partial charge in [-0.1, -0.05) is 78.1 Å². The van der Waals surface area contributed by atoms with E-state index in [0.717, 1.165) is 17.8 Å². The number of hydrogen-bond donors (Lipinski definition) is 0. The zero-order valence-electron chi connectivity index (χ0n) is 13.7. The Bertz CT molecular complexity index is 165. The summed E-state index contributed by atoms with van der Waals surface area (Å²) in [5.41, 5.74) is 0. The zero-order chi connectivity index (χ0) is 11.8. The van der Waals surface area contributed by atoms with E-state index in [4.69, 9.17) is 0 Å². The molecule has 0 aromatic heterocycles. The Balaban J connectivity index is 0. The first-order valence-electron chi connectivity index (χ1n) is 7.65. The van der Waals surface area contributed by atoms with E-state index < -0.39 is 0 Å². The molecule has 0 N–H and O–H groups in total. The molecule has 0 radical (unpaired) electrons. The Morgan fingerprint density at radius 3 is 2.39 bits per heavy atom. The monoisotopic (exact) mass is 277 g/mol. The predicted molar refractivity (Wildman–Crippen MR) is 79.8 cm³/mol. The van der Waals surface area contributed by atoms with E-state index in [1.165, 1.54) is 57.8 Å². The smallest absolute Gasteiger partial charge is 0.358 e. The Kier molecular flexibility index (Phi) is 16.6. The molecule has 0 spiro atoms. The van der Waals surface area contributed by atoms with Crippen molar-refractivity contribution in [1.82, 2.24) is 0 Å². The summed E-state index contributed by atoms with van der Waals surface area (Å²) in [5.74, 6) is 2.97. The number of hydrogen-bond acceptors (Lipinski definition) is 0. The maximum atomic E-state index is 2.65. The Morgan fingerprint density at radius 2 is 1.83 bits per heavy atom. The van der Waals surface area contributed by atoms with Crippen LogP contribution in [0.2, 0.25) is 0 Å². The first-order valence-corrected chi connectivity index (χ1v) is 7.65. The second-order valence-corrected chi connectivity index (χ2v) is 5.68. The van der Waals surface area contributed by atoms with Gasteiger partial charge in [-0.15, -0.1) is 0 Å². The summed E-state index contributed by atoms with van der Waals surface area (Å²) >= 11 is 0. The van der Waals surface area contributed by atoms with Crippen molar-refractivity contribution in [2.75, 3.05) is 0 Å². The van der Waals surface area contributed by atoms with Crippen LogP contribution in [0.25, 0.3) is 0 Å². The van der Waals surface area contributed by atoms with Crippen molar-refractivity contribution in [3.05, 3.63) is 13.8 Å². The maximum absolute atomic E-state index is 2.65. The van der Waals surface area contributed by atoms with Crippen LogP contribution in [-0.4, -0.2) is 0 Å². The Hall–Kier alpha value is 1.64. The summed E-state index contributed by atoms with van der Waals surface area (Å²) in [6.45, 7) is 7.04. The second kappa shape index (κ2) is 13.6. The van der Waals surface area contributed by atoms with Crippen molar-refractivity contribution < 1.29 is 51.4 Å². The van der Waals surface area contributed by atoms with Gasteiger partial charge < -0.3 is 13.8 Å². The third-order valence-electron chi connectivity index (χ3n) is 4.42. The average molecular weight is 278 g/mol. The Labute approximate surface area is 160 Å². The van der Waals surface area contributed by atoms with E-state index in [1.54, 1.807) is 0 Å². The van der Waals surface area contributed by atoms with Crippen LogP contribution >= 0.6 is 0 Å². The van der Waals surface area contributed by atoms with Crippen molar-refractivity contribution in [2.24, 2.45) is 17.8 Å². The van der Waals surface area contributed by atoms with Crippen LogP contribution < -0.4 is 51.4 Å². The third kappa shape index (κ3) is 8.04. The molecule has 1 aliphatic rings. The van der Waals surface area contributed by atoms with Gasteiger partial charge in [0.1, 0.15) is 0 Å². The van der Waals surface area contributed by atoms with Crippen LogP contribution in [-0.2, 0) is 0 Å². The van der Waals surface area contributed by atoms with E-state index in [1.807, 2.05) is 0 Å². The topological polar surface area (TPSA) is 0 Å². The van der Waals surface area contributed by atoms with Crippen LogP contribution in [0.3, 0.4) is 0 Å². The van der Waals surface area contributed by atoms with Gasteiger partial charge in [0.05, 0.1) is 0 Å². The molecule has 1 aliphatic carbocycles.